The maximum atomic E-state index is 5.70. The number of nitrogens with two attached hydrogens (primary N) is 1. The lowest BCUT2D eigenvalue weighted by Gasteiger charge is -2.04. The molecule has 1 aromatic carbocycles. The monoisotopic (exact) mass is 382 g/mol. The van der Waals surface area contributed by atoms with Crippen LogP contribution < -0.4 is 10.5 Å². The van der Waals surface area contributed by atoms with Crippen LogP contribution in [0.4, 0.5) is 5.82 Å². The molecule has 0 aliphatic heterocycles. The minimum Gasteiger partial charge on any atom is -0.494 e. The van der Waals surface area contributed by atoms with E-state index in [-0.39, 0.29) is 11.6 Å². The van der Waals surface area contributed by atoms with Crippen molar-refractivity contribution in [1.29, 1.82) is 0 Å². The average molecular weight is 382 g/mol. The van der Waals surface area contributed by atoms with Gasteiger partial charge in [0.1, 0.15) is 11.4 Å². The Morgan fingerprint density at radius 2 is 2.07 bits per heavy atom. The van der Waals surface area contributed by atoms with Gasteiger partial charge in [0.25, 0.3) is 0 Å². The predicted molar refractivity (Wildman–Crippen MR) is 105 cm³/mol. The Balaban J connectivity index is 1.67. The molecule has 0 amide bonds. The first-order chi connectivity index (χ1) is 13.6. The largest absolute Gasteiger partial charge is 0.494 e. The van der Waals surface area contributed by atoms with E-state index in [4.69, 9.17) is 10.5 Å². The van der Waals surface area contributed by atoms with Gasteiger partial charge in [-0.25, -0.2) is 4.63 Å². The van der Waals surface area contributed by atoms with Crippen molar-refractivity contribution >= 4 is 17.7 Å². The minimum absolute atomic E-state index is 0.134. The molecular formula is C18H22N8O2. The lowest BCUT2D eigenvalue weighted by Crippen LogP contribution is -2.04. The first-order valence-electron chi connectivity index (χ1n) is 8.91. The highest BCUT2D eigenvalue weighted by atomic mass is 16.6. The molecule has 2 N–H and O–H groups in total. The Kier molecular flexibility index (Phi) is 6.10. The molecule has 3 rings (SSSR count). The lowest BCUT2D eigenvalue weighted by atomic mass is 10.2. The van der Waals surface area contributed by atoms with Crippen molar-refractivity contribution in [1.82, 2.24) is 25.3 Å². The van der Waals surface area contributed by atoms with Crippen LogP contribution in [0.25, 0.3) is 5.82 Å². The fourth-order valence-electron chi connectivity index (χ4n) is 2.42. The van der Waals surface area contributed by atoms with E-state index in [2.05, 4.69) is 42.4 Å². The predicted octanol–water partition coefficient (Wildman–Crippen LogP) is 2.56. The summed E-state index contributed by atoms with van der Waals surface area (Å²) < 4.78 is 11.7. The van der Waals surface area contributed by atoms with Crippen LogP contribution in [0.15, 0.2) is 39.1 Å². The summed E-state index contributed by atoms with van der Waals surface area (Å²) in [6.45, 7) is 6.48. The molecule has 146 valence electrons. The fourth-order valence-corrected chi connectivity index (χ4v) is 2.42. The van der Waals surface area contributed by atoms with Crippen LogP contribution in [-0.4, -0.2) is 43.8 Å². The van der Waals surface area contributed by atoms with Crippen LogP contribution in [0.3, 0.4) is 0 Å². The number of benzene rings is 1. The third-order valence-corrected chi connectivity index (χ3v) is 3.99. The molecule has 0 aliphatic carbocycles. The maximum Gasteiger partial charge on any atom is 0.243 e. The number of unbranched alkanes of at least 4 members (excludes halogenated alkanes) is 1. The molecule has 0 aliphatic rings. The first-order valence-corrected chi connectivity index (χ1v) is 8.91. The van der Waals surface area contributed by atoms with E-state index in [1.807, 2.05) is 31.2 Å². The second kappa shape index (κ2) is 8.89. The third-order valence-electron chi connectivity index (χ3n) is 3.99. The summed E-state index contributed by atoms with van der Waals surface area (Å²) in [4.78, 5) is 0. The van der Waals surface area contributed by atoms with Gasteiger partial charge in [0.05, 0.1) is 24.2 Å². The molecule has 2 heterocycles. The van der Waals surface area contributed by atoms with Gasteiger partial charge in [-0.15, -0.1) is 5.10 Å². The van der Waals surface area contributed by atoms with Crippen LogP contribution in [0.2, 0.25) is 0 Å². The molecule has 0 radical (unpaired) electrons. The molecule has 10 heteroatoms. The Morgan fingerprint density at radius 1 is 1.29 bits per heavy atom. The van der Waals surface area contributed by atoms with E-state index in [1.165, 1.54) is 4.68 Å². The van der Waals surface area contributed by atoms with Crippen molar-refractivity contribution in [3.63, 3.8) is 0 Å². The number of aromatic nitrogens is 5. The molecule has 0 spiro atoms. The number of anilines is 1. The van der Waals surface area contributed by atoms with Crippen molar-refractivity contribution in [3.8, 4) is 11.6 Å². The fraction of sp³-hybridized carbons (Fsp3) is 0.333. The third kappa shape index (κ3) is 4.40. The summed E-state index contributed by atoms with van der Waals surface area (Å²) in [5, 5.41) is 23.7. The van der Waals surface area contributed by atoms with Gasteiger partial charge in [0.2, 0.25) is 11.6 Å². The Morgan fingerprint density at radius 3 is 2.75 bits per heavy atom. The van der Waals surface area contributed by atoms with Crippen LogP contribution in [0, 0.1) is 6.92 Å². The summed E-state index contributed by atoms with van der Waals surface area (Å²) in [6.07, 6.45) is 3.82. The van der Waals surface area contributed by atoms with E-state index in [9.17, 15) is 0 Å². The number of nitrogen functional groups attached to an aromatic ring is 1. The molecule has 0 saturated carbocycles. The quantitative estimate of drug-likeness (QED) is 0.360. The molecular weight excluding hydrogens is 360 g/mol. The highest BCUT2D eigenvalue weighted by Crippen LogP contribution is 2.15. The lowest BCUT2D eigenvalue weighted by molar-refractivity contribution is 0.306. The maximum absolute atomic E-state index is 5.70. The second-order valence-electron chi connectivity index (χ2n) is 6.11. The zero-order valence-corrected chi connectivity index (χ0v) is 16.0. The normalized spacial score (nSPS) is 12.0. The molecule has 0 fully saturated rings. The van der Waals surface area contributed by atoms with Gasteiger partial charge in [0.15, 0.2) is 0 Å². The van der Waals surface area contributed by atoms with E-state index < -0.39 is 0 Å². The van der Waals surface area contributed by atoms with Crippen LogP contribution in [0.5, 0.6) is 5.75 Å². The van der Waals surface area contributed by atoms with Crippen molar-refractivity contribution in [2.24, 2.45) is 10.2 Å². The van der Waals surface area contributed by atoms with Gasteiger partial charge in [-0.1, -0.05) is 18.6 Å². The van der Waals surface area contributed by atoms with Gasteiger partial charge in [-0.3, -0.25) is 0 Å². The van der Waals surface area contributed by atoms with Crippen molar-refractivity contribution in [2.75, 3.05) is 12.3 Å². The van der Waals surface area contributed by atoms with Crippen molar-refractivity contribution in [2.45, 2.75) is 33.6 Å². The van der Waals surface area contributed by atoms with E-state index in [0.29, 0.717) is 17.1 Å². The average Bonchev–Trinajstić information content (AvgIpc) is 3.28. The SMILES string of the molecule is CCCCOc1ccc(/C=N\N=C(\C)c2nnn(-c3nonc3N)c2C)cc1. The number of ether oxygens (including phenoxy) is 1. The van der Waals surface area contributed by atoms with Gasteiger partial charge in [0, 0.05) is 0 Å². The Labute approximate surface area is 162 Å². The zero-order valence-electron chi connectivity index (χ0n) is 16.0. The van der Waals surface area contributed by atoms with Crippen LogP contribution in [0.1, 0.15) is 43.6 Å². The molecule has 0 atom stereocenters. The number of rotatable bonds is 8. The highest BCUT2D eigenvalue weighted by Gasteiger charge is 2.17. The number of hydrogen-bond acceptors (Lipinski definition) is 9. The molecule has 10 nitrogen and oxygen atoms in total. The van der Waals surface area contributed by atoms with Crippen molar-refractivity contribution < 1.29 is 9.37 Å². The van der Waals surface area contributed by atoms with Gasteiger partial charge in [-0.05, 0) is 60.4 Å². The molecule has 0 unspecified atom stereocenters. The van der Waals surface area contributed by atoms with Crippen LogP contribution >= 0.6 is 0 Å². The second-order valence-corrected chi connectivity index (χ2v) is 6.11. The Bertz CT molecular complexity index is 972. The topological polar surface area (TPSA) is 130 Å². The molecule has 28 heavy (non-hydrogen) atoms. The molecule has 0 saturated heterocycles. The molecule has 3 aromatic rings. The van der Waals surface area contributed by atoms with E-state index in [0.717, 1.165) is 30.8 Å². The smallest absolute Gasteiger partial charge is 0.243 e. The van der Waals surface area contributed by atoms with Crippen LogP contribution in [-0.2, 0) is 0 Å². The Hall–Kier alpha value is -3.56. The van der Waals surface area contributed by atoms with Gasteiger partial charge in [-0.2, -0.15) is 14.9 Å². The summed E-state index contributed by atoms with van der Waals surface area (Å²) in [5.74, 6) is 1.27. The standard InChI is InChI=1S/C18H22N8O2/c1-4-5-10-27-15-8-6-14(7-9-15)11-20-21-12(2)16-13(3)26(25-22-16)18-17(19)23-28-24-18/h6-9,11H,4-5,10H2,1-3H3,(H2,19,23)/b20-11-,21-12-. The van der Waals surface area contributed by atoms with Gasteiger partial charge < -0.3 is 10.5 Å². The number of hydrogen-bond donors (Lipinski definition) is 1. The van der Waals surface area contributed by atoms with Crippen molar-refractivity contribution in [3.05, 3.63) is 41.2 Å². The first kappa shape index (κ1) is 19.2. The zero-order chi connectivity index (χ0) is 19.9. The summed E-state index contributed by atoms with van der Waals surface area (Å²) in [6, 6.07) is 7.69. The highest BCUT2D eigenvalue weighted by molar-refractivity contribution is 5.98. The summed E-state index contributed by atoms with van der Waals surface area (Å²) >= 11 is 0. The molecule has 0 bridgehead atoms. The summed E-state index contributed by atoms with van der Waals surface area (Å²) in [7, 11) is 0. The molecule has 2 aromatic heterocycles. The minimum atomic E-state index is 0.134. The van der Waals surface area contributed by atoms with E-state index >= 15 is 0 Å². The summed E-state index contributed by atoms with van der Waals surface area (Å²) in [5.41, 5.74) is 8.51. The van der Waals surface area contributed by atoms with E-state index in [1.54, 1.807) is 13.1 Å². The van der Waals surface area contributed by atoms with Gasteiger partial charge >= 0.3 is 0 Å². The number of nitrogens with zero attached hydrogens (tertiary/aromatic N) is 7.